The smallest absolute Gasteiger partial charge is 0.120 e. The van der Waals surface area contributed by atoms with E-state index in [-0.39, 0.29) is 0 Å². The van der Waals surface area contributed by atoms with Gasteiger partial charge in [-0.3, -0.25) is 4.90 Å². The zero-order chi connectivity index (χ0) is 13.0. The van der Waals surface area contributed by atoms with Gasteiger partial charge in [-0.1, -0.05) is 38.5 Å². The van der Waals surface area contributed by atoms with Gasteiger partial charge in [0.15, 0.2) is 0 Å². The highest BCUT2D eigenvalue weighted by atomic mass is 16.3. The normalized spacial score (nSPS) is 20.6. The Bertz CT molecular complexity index is 375. The van der Waals surface area contributed by atoms with E-state index in [1.54, 1.807) is 6.07 Å². The van der Waals surface area contributed by atoms with Crippen LogP contribution in [0.1, 0.15) is 31.9 Å². The van der Waals surface area contributed by atoms with E-state index >= 15 is 0 Å². The van der Waals surface area contributed by atoms with E-state index in [4.69, 9.17) is 0 Å². The van der Waals surface area contributed by atoms with Crippen LogP contribution < -0.4 is 5.32 Å². The summed E-state index contributed by atoms with van der Waals surface area (Å²) in [6.45, 7) is 8.70. The number of phenolic OH excluding ortho intramolecular Hbond substituents is 1. The maximum Gasteiger partial charge on any atom is 0.120 e. The van der Waals surface area contributed by atoms with Gasteiger partial charge in [-0.15, -0.1) is 0 Å². The first kappa shape index (κ1) is 13.4. The molecule has 0 saturated carbocycles. The predicted molar refractivity (Wildman–Crippen MR) is 74.7 cm³/mol. The molecule has 1 aromatic carbocycles. The third-order valence-corrected chi connectivity index (χ3v) is 3.98. The first-order chi connectivity index (χ1) is 8.74. The lowest BCUT2D eigenvalue weighted by atomic mass is 9.90. The van der Waals surface area contributed by atoms with E-state index in [9.17, 15) is 5.11 Å². The standard InChI is InChI=1S/C15H24N2O/c1-3-12(2)15(17-10-8-16-9-11-17)13-6-4-5-7-14(13)18/h4-7,12,15-16,18H,3,8-11H2,1-2H3/t12?,15-/m0/s1. The van der Waals surface area contributed by atoms with Gasteiger partial charge < -0.3 is 10.4 Å². The summed E-state index contributed by atoms with van der Waals surface area (Å²) in [6, 6.07) is 8.11. The first-order valence-electron chi connectivity index (χ1n) is 6.96. The third kappa shape index (κ3) is 2.85. The van der Waals surface area contributed by atoms with Crippen LogP contribution in [0, 0.1) is 5.92 Å². The molecule has 3 nitrogen and oxygen atoms in total. The van der Waals surface area contributed by atoms with Gasteiger partial charge in [0.05, 0.1) is 0 Å². The van der Waals surface area contributed by atoms with E-state index in [0.717, 1.165) is 38.2 Å². The fraction of sp³-hybridized carbons (Fsp3) is 0.600. The predicted octanol–water partition coefficient (Wildman–Crippen LogP) is 2.38. The fourth-order valence-electron chi connectivity index (χ4n) is 2.78. The molecule has 0 bridgehead atoms. The summed E-state index contributed by atoms with van der Waals surface area (Å²) in [7, 11) is 0. The van der Waals surface area contributed by atoms with E-state index in [0.29, 0.717) is 17.7 Å². The molecular weight excluding hydrogens is 224 g/mol. The second-order valence-electron chi connectivity index (χ2n) is 5.18. The molecule has 1 unspecified atom stereocenters. The monoisotopic (exact) mass is 248 g/mol. The number of hydrogen-bond donors (Lipinski definition) is 2. The molecule has 1 heterocycles. The summed E-state index contributed by atoms with van der Waals surface area (Å²) < 4.78 is 0. The average Bonchev–Trinajstić information content (AvgIpc) is 2.42. The number of para-hydroxylation sites is 1. The van der Waals surface area contributed by atoms with Gasteiger partial charge in [0.25, 0.3) is 0 Å². The molecular formula is C15H24N2O. The lowest BCUT2D eigenvalue weighted by Crippen LogP contribution is -2.46. The average molecular weight is 248 g/mol. The van der Waals surface area contributed by atoms with Crippen molar-refractivity contribution >= 4 is 0 Å². The molecule has 2 rings (SSSR count). The summed E-state index contributed by atoms with van der Waals surface area (Å²) in [4.78, 5) is 2.50. The molecule has 3 heteroatoms. The van der Waals surface area contributed by atoms with Crippen LogP contribution in [0.25, 0.3) is 0 Å². The van der Waals surface area contributed by atoms with Crippen molar-refractivity contribution in [1.29, 1.82) is 0 Å². The van der Waals surface area contributed by atoms with Gasteiger partial charge in [0, 0.05) is 37.8 Å². The number of nitrogens with zero attached hydrogens (tertiary/aromatic N) is 1. The highest BCUT2D eigenvalue weighted by Gasteiger charge is 2.27. The Morgan fingerprint density at radius 2 is 1.94 bits per heavy atom. The number of benzene rings is 1. The van der Waals surface area contributed by atoms with Crippen molar-refractivity contribution in [3.8, 4) is 5.75 Å². The third-order valence-electron chi connectivity index (χ3n) is 3.98. The maximum atomic E-state index is 10.1. The Balaban J connectivity index is 2.27. The maximum absolute atomic E-state index is 10.1. The molecule has 1 aliphatic rings. The molecule has 2 N–H and O–H groups in total. The lowest BCUT2D eigenvalue weighted by Gasteiger charge is -2.38. The Hall–Kier alpha value is -1.06. The number of phenols is 1. The van der Waals surface area contributed by atoms with Gasteiger partial charge in [0.2, 0.25) is 0 Å². The van der Waals surface area contributed by atoms with Crippen LogP contribution >= 0.6 is 0 Å². The molecule has 0 amide bonds. The van der Waals surface area contributed by atoms with Crippen LogP contribution in [0.3, 0.4) is 0 Å². The zero-order valence-corrected chi connectivity index (χ0v) is 11.4. The van der Waals surface area contributed by atoms with E-state index in [1.165, 1.54) is 0 Å². The zero-order valence-electron chi connectivity index (χ0n) is 11.4. The molecule has 1 aromatic rings. The number of piperazine rings is 1. The minimum Gasteiger partial charge on any atom is -0.508 e. The largest absolute Gasteiger partial charge is 0.508 e. The van der Waals surface area contributed by atoms with Gasteiger partial charge >= 0.3 is 0 Å². The van der Waals surface area contributed by atoms with Crippen molar-refractivity contribution < 1.29 is 5.11 Å². The summed E-state index contributed by atoms with van der Waals surface area (Å²) in [5.41, 5.74) is 1.08. The second kappa shape index (κ2) is 6.21. The Morgan fingerprint density at radius 1 is 1.28 bits per heavy atom. The van der Waals surface area contributed by atoms with Gasteiger partial charge in [0.1, 0.15) is 5.75 Å². The molecule has 0 aromatic heterocycles. The van der Waals surface area contributed by atoms with Crippen LogP contribution in [0.15, 0.2) is 24.3 Å². The highest BCUT2D eigenvalue weighted by Crippen LogP contribution is 2.35. The number of hydrogen-bond acceptors (Lipinski definition) is 3. The molecule has 0 aliphatic carbocycles. The summed E-state index contributed by atoms with van der Waals surface area (Å²) >= 11 is 0. The first-order valence-corrected chi connectivity index (χ1v) is 6.96. The van der Waals surface area contributed by atoms with Crippen LogP contribution in [0.2, 0.25) is 0 Å². The van der Waals surface area contributed by atoms with E-state index in [1.807, 2.05) is 12.1 Å². The number of nitrogens with one attached hydrogen (secondary N) is 1. The van der Waals surface area contributed by atoms with Crippen molar-refractivity contribution in [2.75, 3.05) is 26.2 Å². The van der Waals surface area contributed by atoms with Crippen molar-refractivity contribution in [3.05, 3.63) is 29.8 Å². The van der Waals surface area contributed by atoms with Crippen molar-refractivity contribution in [3.63, 3.8) is 0 Å². The van der Waals surface area contributed by atoms with Crippen LogP contribution in [0.4, 0.5) is 0 Å². The summed E-state index contributed by atoms with van der Waals surface area (Å²) in [5, 5.41) is 13.5. The molecule has 1 saturated heterocycles. The van der Waals surface area contributed by atoms with E-state index < -0.39 is 0 Å². The molecule has 1 aliphatic heterocycles. The van der Waals surface area contributed by atoms with Crippen molar-refractivity contribution in [1.82, 2.24) is 10.2 Å². The molecule has 100 valence electrons. The van der Waals surface area contributed by atoms with E-state index in [2.05, 4.69) is 30.1 Å². The summed E-state index contributed by atoms with van der Waals surface area (Å²) in [6.07, 6.45) is 1.13. The minimum absolute atomic E-state index is 0.332. The van der Waals surface area contributed by atoms with Crippen molar-refractivity contribution in [2.24, 2.45) is 5.92 Å². The second-order valence-corrected chi connectivity index (χ2v) is 5.18. The van der Waals surface area contributed by atoms with Gasteiger partial charge in [-0.2, -0.15) is 0 Å². The molecule has 0 spiro atoms. The Labute approximate surface area is 110 Å². The van der Waals surface area contributed by atoms with Gasteiger partial charge in [-0.25, -0.2) is 0 Å². The fourth-order valence-corrected chi connectivity index (χ4v) is 2.78. The highest BCUT2D eigenvalue weighted by molar-refractivity contribution is 5.35. The van der Waals surface area contributed by atoms with Gasteiger partial charge in [-0.05, 0) is 12.0 Å². The Morgan fingerprint density at radius 3 is 2.56 bits per heavy atom. The summed E-state index contributed by atoms with van der Waals surface area (Å²) in [5.74, 6) is 0.984. The van der Waals surface area contributed by atoms with Crippen molar-refractivity contribution in [2.45, 2.75) is 26.3 Å². The van der Waals surface area contributed by atoms with Crippen LogP contribution in [0.5, 0.6) is 5.75 Å². The van der Waals surface area contributed by atoms with Crippen LogP contribution in [-0.4, -0.2) is 36.2 Å². The molecule has 0 radical (unpaired) electrons. The number of rotatable bonds is 4. The Kier molecular flexibility index (Phi) is 4.61. The SMILES string of the molecule is CCC(C)[C@@H](c1ccccc1O)N1CCNCC1. The molecule has 18 heavy (non-hydrogen) atoms. The quantitative estimate of drug-likeness (QED) is 0.859. The topological polar surface area (TPSA) is 35.5 Å². The molecule has 1 fully saturated rings. The number of aromatic hydroxyl groups is 1. The van der Waals surface area contributed by atoms with Crippen LogP contribution in [-0.2, 0) is 0 Å². The minimum atomic E-state index is 0.332. The lowest BCUT2D eigenvalue weighted by molar-refractivity contribution is 0.126. The molecule has 2 atom stereocenters.